The highest BCUT2D eigenvalue weighted by Crippen LogP contribution is 2.27. The van der Waals surface area contributed by atoms with E-state index in [9.17, 15) is 9.59 Å². The lowest BCUT2D eigenvalue weighted by Gasteiger charge is -2.31. The number of hydrogen-bond acceptors (Lipinski definition) is 5. The topological polar surface area (TPSA) is 65.1 Å². The van der Waals surface area contributed by atoms with Crippen LogP contribution in [0.3, 0.4) is 0 Å². The summed E-state index contributed by atoms with van der Waals surface area (Å²) in [6.07, 6.45) is 0.773. The van der Waals surface area contributed by atoms with Crippen LogP contribution in [0.5, 0.6) is 0 Å². The summed E-state index contributed by atoms with van der Waals surface area (Å²) in [6.45, 7) is 5.76. The minimum Gasteiger partial charge on any atom is -0.467 e. The van der Waals surface area contributed by atoms with Gasteiger partial charge in [-0.3, -0.25) is 4.90 Å². The van der Waals surface area contributed by atoms with Crippen molar-refractivity contribution in [2.75, 3.05) is 20.8 Å². The second-order valence-corrected chi connectivity index (χ2v) is 5.61. The van der Waals surface area contributed by atoms with E-state index < -0.39 is 23.7 Å². The fourth-order valence-electron chi connectivity index (χ4n) is 2.20. The number of esters is 1. The molecule has 0 N–H and O–H groups in total. The van der Waals surface area contributed by atoms with Gasteiger partial charge in [-0.05, 0) is 33.6 Å². The molecular formula is C13H23NO5. The van der Waals surface area contributed by atoms with E-state index in [0.717, 1.165) is 0 Å². The SMILES string of the molecule is COC[C@@H]1CCC(C(=O)OC)N1C(=O)OC(C)(C)C. The molecule has 0 aromatic carbocycles. The summed E-state index contributed by atoms with van der Waals surface area (Å²) in [6, 6.07) is -0.732. The Morgan fingerprint density at radius 1 is 1.21 bits per heavy atom. The van der Waals surface area contributed by atoms with Crippen LogP contribution in [0.1, 0.15) is 33.6 Å². The lowest BCUT2D eigenvalue weighted by molar-refractivity contribution is -0.146. The van der Waals surface area contributed by atoms with Crippen molar-refractivity contribution in [3.8, 4) is 0 Å². The van der Waals surface area contributed by atoms with Gasteiger partial charge in [0.2, 0.25) is 0 Å². The van der Waals surface area contributed by atoms with Crippen LogP contribution in [0.25, 0.3) is 0 Å². The number of carbonyl (C=O) groups is 2. The van der Waals surface area contributed by atoms with E-state index in [1.807, 2.05) is 0 Å². The first-order valence-electron chi connectivity index (χ1n) is 6.38. The van der Waals surface area contributed by atoms with Gasteiger partial charge in [0.1, 0.15) is 11.6 Å². The van der Waals surface area contributed by atoms with E-state index in [1.54, 1.807) is 27.9 Å². The van der Waals surface area contributed by atoms with Gasteiger partial charge in [-0.2, -0.15) is 0 Å². The predicted octanol–water partition coefficient (Wildman–Crippen LogP) is 1.57. The first-order chi connectivity index (χ1) is 8.80. The van der Waals surface area contributed by atoms with Crippen molar-refractivity contribution in [3.05, 3.63) is 0 Å². The van der Waals surface area contributed by atoms with Gasteiger partial charge in [0.15, 0.2) is 0 Å². The van der Waals surface area contributed by atoms with Gasteiger partial charge in [0.05, 0.1) is 19.8 Å². The standard InChI is InChI=1S/C13H23NO5/c1-13(2,3)19-12(16)14-9(8-17-4)6-7-10(14)11(15)18-5/h9-10H,6-8H2,1-5H3/t9-,10?/m0/s1. The molecule has 0 saturated carbocycles. The van der Waals surface area contributed by atoms with Crippen molar-refractivity contribution in [1.29, 1.82) is 0 Å². The van der Waals surface area contributed by atoms with E-state index in [4.69, 9.17) is 14.2 Å². The van der Waals surface area contributed by atoms with Crippen LogP contribution < -0.4 is 0 Å². The Morgan fingerprint density at radius 2 is 1.84 bits per heavy atom. The molecule has 1 fully saturated rings. The molecule has 1 heterocycles. The van der Waals surface area contributed by atoms with Crippen LogP contribution in [-0.2, 0) is 19.0 Å². The van der Waals surface area contributed by atoms with Crippen molar-refractivity contribution in [2.24, 2.45) is 0 Å². The average Bonchev–Trinajstić information content (AvgIpc) is 2.70. The Morgan fingerprint density at radius 3 is 2.32 bits per heavy atom. The van der Waals surface area contributed by atoms with Gasteiger partial charge < -0.3 is 14.2 Å². The maximum absolute atomic E-state index is 12.2. The fourth-order valence-corrected chi connectivity index (χ4v) is 2.20. The Bertz CT molecular complexity index is 336. The van der Waals surface area contributed by atoms with E-state index in [2.05, 4.69) is 0 Å². The molecule has 0 bridgehead atoms. The van der Waals surface area contributed by atoms with Gasteiger partial charge in [0, 0.05) is 7.11 Å². The van der Waals surface area contributed by atoms with Crippen LogP contribution in [0.2, 0.25) is 0 Å². The molecule has 110 valence electrons. The number of methoxy groups -OCH3 is 2. The van der Waals surface area contributed by atoms with Crippen molar-refractivity contribution in [2.45, 2.75) is 51.3 Å². The summed E-state index contributed by atoms with van der Waals surface area (Å²) >= 11 is 0. The minimum atomic E-state index is -0.599. The smallest absolute Gasteiger partial charge is 0.411 e. The zero-order valence-electron chi connectivity index (χ0n) is 12.3. The number of hydrogen-bond donors (Lipinski definition) is 0. The fraction of sp³-hybridized carbons (Fsp3) is 0.846. The quantitative estimate of drug-likeness (QED) is 0.730. The van der Waals surface area contributed by atoms with Crippen LogP contribution in [0.4, 0.5) is 4.79 Å². The van der Waals surface area contributed by atoms with Crippen LogP contribution in [0.15, 0.2) is 0 Å². The van der Waals surface area contributed by atoms with E-state index in [0.29, 0.717) is 19.4 Å². The molecule has 1 rings (SSSR count). The third-order valence-electron chi connectivity index (χ3n) is 2.94. The highest BCUT2D eigenvalue weighted by atomic mass is 16.6. The molecule has 0 aromatic heterocycles. The molecule has 0 radical (unpaired) electrons. The molecule has 6 nitrogen and oxygen atoms in total. The summed E-state index contributed by atoms with van der Waals surface area (Å²) in [4.78, 5) is 25.4. The third-order valence-corrected chi connectivity index (χ3v) is 2.94. The number of amides is 1. The normalized spacial score (nSPS) is 23.3. The molecule has 2 atom stereocenters. The summed E-state index contributed by atoms with van der Waals surface area (Å²) in [5.41, 5.74) is -0.599. The second-order valence-electron chi connectivity index (χ2n) is 5.61. The van der Waals surface area contributed by atoms with Crippen LogP contribution in [0, 0.1) is 0 Å². The molecule has 0 aromatic rings. The lowest BCUT2D eigenvalue weighted by Crippen LogP contribution is -2.48. The van der Waals surface area contributed by atoms with Crippen LogP contribution in [-0.4, -0.2) is 55.5 Å². The van der Waals surface area contributed by atoms with Crippen LogP contribution >= 0.6 is 0 Å². The molecule has 1 amide bonds. The zero-order valence-corrected chi connectivity index (χ0v) is 12.3. The van der Waals surface area contributed by atoms with Crippen molar-refractivity contribution in [1.82, 2.24) is 4.90 Å². The monoisotopic (exact) mass is 273 g/mol. The molecule has 1 saturated heterocycles. The highest BCUT2D eigenvalue weighted by Gasteiger charge is 2.43. The number of ether oxygens (including phenoxy) is 3. The van der Waals surface area contributed by atoms with E-state index in [1.165, 1.54) is 12.0 Å². The maximum atomic E-state index is 12.2. The molecule has 1 aliphatic rings. The Labute approximate surface area is 114 Å². The molecule has 6 heteroatoms. The summed E-state index contributed by atoms with van der Waals surface area (Å²) < 4.78 is 15.2. The van der Waals surface area contributed by atoms with E-state index in [-0.39, 0.29) is 6.04 Å². The molecule has 1 aliphatic heterocycles. The van der Waals surface area contributed by atoms with Gasteiger partial charge in [-0.1, -0.05) is 0 Å². The first kappa shape index (κ1) is 15.8. The maximum Gasteiger partial charge on any atom is 0.411 e. The molecule has 1 unspecified atom stereocenters. The van der Waals surface area contributed by atoms with Gasteiger partial charge in [0.25, 0.3) is 0 Å². The molecule has 19 heavy (non-hydrogen) atoms. The zero-order chi connectivity index (χ0) is 14.6. The minimum absolute atomic E-state index is 0.149. The Balaban J connectivity index is 2.85. The molecule has 0 aliphatic carbocycles. The number of nitrogens with zero attached hydrogens (tertiary/aromatic N) is 1. The van der Waals surface area contributed by atoms with E-state index >= 15 is 0 Å². The summed E-state index contributed by atoms with van der Waals surface area (Å²) in [5.74, 6) is -0.413. The highest BCUT2D eigenvalue weighted by molar-refractivity contribution is 5.82. The summed E-state index contributed by atoms with van der Waals surface area (Å²) in [7, 11) is 2.89. The van der Waals surface area contributed by atoms with Crippen molar-refractivity contribution in [3.63, 3.8) is 0 Å². The largest absolute Gasteiger partial charge is 0.467 e. The number of carbonyl (C=O) groups excluding carboxylic acids is 2. The number of rotatable bonds is 3. The third kappa shape index (κ3) is 4.09. The Hall–Kier alpha value is -1.30. The first-order valence-corrected chi connectivity index (χ1v) is 6.38. The summed E-state index contributed by atoms with van der Waals surface area (Å²) in [5, 5.41) is 0. The van der Waals surface area contributed by atoms with Gasteiger partial charge in [-0.25, -0.2) is 9.59 Å². The van der Waals surface area contributed by atoms with Crippen molar-refractivity contribution < 1.29 is 23.8 Å². The molecule has 0 spiro atoms. The second kappa shape index (κ2) is 6.23. The predicted molar refractivity (Wildman–Crippen MR) is 68.8 cm³/mol. The van der Waals surface area contributed by atoms with Gasteiger partial charge >= 0.3 is 12.1 Å². The lowest BCUT2D eigenvalue weighted by atomic mass is 10.2. The van der Waals surface area contributed by atoms with Gasteiger partial charge in [-0.15, -0.1) is 0 Å². The molecular weight excluding hydrogens is 250 g/mol. The number of likely N-dealkylation sites (tertiary alicyclic amines) is 1. The average molecular weight is 273 g/mol. The van der Waals surface area contributed by atoms with Crippen molar-refractivity contribution >= 4 is 12.1 Å². The Kier molecular flexibility index (Phi) is 5.17.